The molecule has 0 N–H and O–H groups in total. The van der Waals surface area contributed by atoms with Crippen molar-refractivity contribution in [2.45, 2.75) is 58.8 Å². The van der Waals surface area contributed by atoms with Gasteiger partial charge in [-0.3, -0.25) is 0 Å². The molecule has 0 bridgehead atoms. The van der Waals surface area contributed by atoms with Crippen LogP contribution in [-0.2, 0) is 22.6 Å². The van der Waals surface area contributed by atoms with Gasteiger partial charge in [0, 0.05) is 12.1 Å². The highest BCUT2D eigenvalue weighted by Gasteiger charge is 2.41. The lowest BCUT2D eigenvalue weighted by Crippen LogP contribution is -2.61. The van der Waals surface area contributed by atoms with Crippen LogP contribution in [0.4, 0.5) is 9.18 Å². The van der Waals surface area contributed by atoms with Crippen molar-refractivity contribution >= 4 is 28.3 Å². The van der Waals surface area contributed by atoms with E-state index in [0.29, 0.717) is 25.1 Å². The van der Waals surface area contributed by atoms with Crippen LogP contribution in [0.25, 0.3) is 11.3 Å². The molecule has 0 aliphatic carbocycles. The molecule has 1 aliphatic heterocycles. The largest absolute Gasteiger partial charge is 0.443 e. The van der Waals surface area contributed by atoms with Gasteiger partial charge in [-0.05, 0) is 74.8 Å². The van der Waals surface area contributed by atoms with Gasteiger partial charge in [0.1, 0.15) is 33.8 Å². The molecule has 1 aliphatic rings. The van der Waals surface area contributed by atoms with Crippen molar-refractivity contribution in [3.8, 4) is 11.3 Å². The number of hydrazine groups is 1. The maximum atomic E-state index is 13.3. The van der Waals surface area contributed by atoms with E-state index in [1.807, 2.05) is 23.4 Å². The third-order valence-corrected chi connectivity index (χ3v) is 5.58. The average Bonchev–Trinajstić information content (AvgIpc) is 2.93. The Bertz CT molecular complexity index is 950. The summed E-state index contributed by atoms with van der Waals surface area (Å²) in [5.41, 5.74) is 0.291. The Kier molecular flexibility index (Phi) is 6.06. The second-order valence-electron chi connectivity index (χ2n) is 8.86. The van der Waals surface area contributed by atoms with E-state index < -0.39 is 17.2 Å². The Hall–Kier alpha value is -2.26. The smallest absolute Gasteiger partial charge is 0.425 e. The molecule has 7 nitrogen and oxygen atoms in total. The minimum atomic E-state index is -0.685. The Morgan fingerprint density at radius 1 is 1.33 bits per heavy atom. The molecule has 1 amide bonds. The van der Waals surface area contributed by atoms with Crippen LogP contribution in [-0.4, -0.2) is 49.6 Å². The summed E-state index contributed by atoms with van der Waals surface area (Å²) in [5.74, 6) is 0.410. The van der Waals surface area contributed by atoms with Crippen LogP contribution < -0.4 is 0 Å². The maximum absolute atomic E-state index is 13.3. The van der Waals surface area contributed by atoms with Crippen LogP contribution in [0.2, 0.25) is 0 Å². The zero-order valence-corrected chi connectivity index (χ0v) is 19.4. The molecule has 0 spiro atoms. The third-order valence-electron chi connectivity index (χ3n) is 4.78. The van der Waals surface area contributed by atoms with Crippen LogP contribution in [0.5, 0.6) is 0 Å². The minimum absolute atomic E-state index is 0.120. The number of carbonyl (C=O) groups excluding carboxylic acids is 2. The monoisotopic (exact) mass is 480 g/mol. The van der Waals surface area contributed by atoms with E-state index in [-0.39, 0.29) is 12.4 Å². The van der Waals surface area contributed by atoms with E-state index in [2.05, 4.69) is 15.9 Å². The van der Waals surface area contributed by atoms with E-state index >= 15 is 0 Å². The van der Waals surface area contributed by atoms with Gasteiger partial charge in [-0.2, -0.15) is 0 Å². The number of hydrogen-bond acceptors (Lipinski definition) is 5. The van der Waals surface area contributed by atoms with Gasteiger partial charge in [0.05, 0.1) is 18.6 Å². The van der Waals surface area contributed by atoms with E-state index in [1.165, 1.54) is 17.1 Å². The number of amides is 1. The fourth-order valence-corrected chi connectivity index (χ4v) is 4.08. The molecule has 2 heterocycles. The summed E-state index contributed by atoms with van der Waals surface area (Å²) in [4.78, 5) is 28.9. The van der Waals surface area contributed by atoms with Gasteiger partial charge in [-0.15, -0.1) is 0 Å². The molecule has 0 saturated heterocycles. The first-order valence-electron chi connectivity index (χ1n) is 9.65. The second-order valence-corrected chi connectivity index (χ2v) is 9.61. The van der Waals surface area contributed by atoms with Gasteiger partial charge in [0.2, 0.25) is 0 Å². The number of ether oxygens (including phenoxy) is 1. The van der Waals surface area contributed by atoms with Crippen LogP contribution in [0, 0.1) is 5.82 Å². The van der Waals surface area contributed by atoms with Gasteiger partial charge >= 0.3 is 6.09 Å². The lowest BCUT2D eigenvalue weighted by molar-refractivity contribution is -0.132. The van der Waals surface area contributed by atoms with Gasteiger partial charge in [-0.25, -0.2) is 24.2 Å². The predicted molar refractivity (Wildman–Crippen MR) is 114 cm³/mol. The molecule has 0 fully saturated rings. The molecule has 0 saturated carbocycles. The molecule has 3 rings (SSSR count). The molecule has 1 aromatic heterocycles. The van der Waals surface area contributed by atoms with E-state index in [9.17, 15) is 14.0 Å². The van der Waals surface area contributed by atoms with Gasteiger partial charge in [0.15, 0.2) is 0 Å². The van der Waals surface area contributed by atoms with Gasteiger partial charge in [0.25, 0.3) is 0 Å². The Labute approximate surface area is 183 Å². The number of hydrogen-bond donors (Lipinski definition) is 0. The van der Waals surface area contributed by atoms with Crippen LogP contribution >= 0.6 is 15.9 Å². The summed E-state index contributed by atoms with van der Waals surface area (Å²) < 4.78 is 21.6. The number of aldehydes is 1. The van der Waals surface area contributed by atoms with Crippen molar-refractivity contribution in [1.29, 1.82) is 0 Å². The minimum Gasteiger partial charge on any atom is -0.443 e. The standard InChI is InChI=1S/C21H26BrFN4O3/c1-20(2,3)30-19(29)26(10-11-28)27-12-16-24-17(14-6-8-15(23)9-7-14)18(22)25(16)13-21(27,4)5/h6-9,11H,10,12-13H2,1-5H3. The second kappa shape index (κ2) is 8.11. The molecular formula is C21H26BrFN4O3. The van der Waals surface area contributed by atoms with Crippen molar-refractivity contribution in [2.75, 3.05) is 6.54 Å². The van der Waals surface area contributed by atoms with Crippen molar-refractivity contribution < 1.29 is 18.7 Å². The molecule has 162 valence electrons. The summed E-state index contributed by atoms with van der Waals surface area (Å²) in [6, 6.07) is 6.14. The summed E-state index contributed by atoms with van der Waals surface area (Å²) in [6.07, 6.45) is 0.0986. The molecule has 0 unspecified atom stereocenters. The number of carbonyl (C=O) groups is 2. The van der Waals surface area contributed by atoms with E-state index in [4.69, 9.17) is 9.72 Å². The molecule has 0 radical (unpaired) electrons. The zero-order valence-electron chi connectivity index (χ0n) is 17.8. The lowest BCUT2D eigenvalue weighted by atomic mass is 10.0. The highest BCUT2D eigenvalue weighted by atomic mass is 79.9. The lowest BCUT2D eigenvalue weighted by Gasteiger charge is -2.47. The quantitative estimate of drug-likeness (QED) is 0.606. The van der Waals surface area contributed by atoms with Crippen molar-refractivity contribution in [3.05, 3.63) is 40.5 Å². The fourth-order valence-electron chi connectivity index (χ4n) is 3.44. The summed E-state index contributed by atoms with van der Waals surface area (Å²) >= 11 is 3.63. The highest BCUT2D eigenvalue weighted by molar-refractivity contribution is 9.10. The topological polar surface area (TPSA) is 67.7 Å². The first-order valence-corrected chi connectivity index (χ1v) is 10.4. The van der Waals surface area contributed by atoms with Gasteiger partial charge in [-0.1, -0.05) is 0 Å². The normalized spacial score (nSPS) is 16.1. The highest BCUT2D eigenvalue weighted by Crippen LogP contribution is 2.36. The van der Waals surface area contributed by atoms with Crippen LogP contribution in [0.1, 0.15) is 40.4 Å². The predicted octanol–water partition coefficient (Wildman–Crippen LogP) is 4.40. The molecule has 0 atom stereocenters. The number of nitrogens with zero attached hydrogens (tertiary/aromatic N) is 4. The Morgan fingerprint density at radius 3 is 2.53 bits per heavy atom. The van der Waals surface area contributed by atoms with Gasteiger partial charge < -0.3 is 14.1 Å². The van der Waals surface area contributed by atoms with Crippen molar-refractivity contribution in [1.82, 2.24) is 19.6 Å². The Morgan fingerprint density at radius 2 is 1.97 bits per heavy atom. The molecule has 1 aromatic carbocycles. The van der Waals surface area contributed by atoms with Crippen LogP contribution in [0.15, 0.2) is 28.9 Å². The summed E-state index contributed by atoms with van der Waals surface area (Å²) in [6.45, 7) is 10.0. The van der Waals surface area contributed by atoms with E-state index in [1.54, 1.807) is 32.9 Å². The zero-order chi connectivity index (χ0) is 22.3. The number of benzene rings is 1. The van der Waals surface area contributed by atoms with Crippen LogP contribution in [0.3, 0.4) is 0 Å². The Balaban J connectivity index is 1.97. The summed E-state index contributed by atoms with van der Waals surface area (Å²) in [7, 11) is 0. The molecule has 2 aromatic rings. The fraction of sp³-hybridized carbons (Fsp3) is 0.476. The first kappa shape index (κ1) is 22.4. The average molecular weight is 481 g/mol. The maximum Gasteiger partial charge on any atom is 0.425 e. The number of halogens is 2. The van der Waals surface area contributed by atoms with Crippen molar-refractivity contribution in [2.24, 2.45) is 0 Å². The number of aromatic nitrogens is 2. The number of imidazole rings is 1. The van der Waals surface area contributed by atoms with Crippen molar-refractivity contribution in [3.63, 3.8) is 0 Å². The molecule has 30 heavy (non-hydrogen) atoms. The number of rotatable bonds is 4. The number of fused-ring (bicyclic) bond motifs is 1. The summed E-state index contributed by atoms with van der Waals surface area (Å²) in [5, 5.41) is 3.15. The molecular weight excluding hydrogens is 455 g/mol. The SMILES string of the molecule is CC(C)(C)OC(=O)N(CC=O)N1Cc2nc(-c3ccc(F)cc3)c(Br)n2CC1(C)C. The third kappa shape index (κ3) is 4.57. The molecule has 9 heteroatoms. The van der Waals surface area contributed by atoms with E-state index in [0.717, 1.165) is 16.0 Å². The first-order chi connectivity index (χ1) is 13.9.